The topological polar surface area (TPSA) is 54.9 Å². The van der Waals surface area contributed by atoms with Gasteiger partial charge in [0.05, 0.1) is 10.9 Å². The van der Waals surface area contributed by atoms with Crippen molar-refractivity contribution < 1.29 is 4.79 Å². The number of carbonyl (C=O) groups is 1. The van der Waals surface area contributed by atoms with Crippen LogP contribution in [0.3, 0.4) is 0 Å². The minimum Gasteiger partial charge on any atom is -0.294 e. The van der Waals surface area contributed by atoms with Gasteiger partial charge in [0, 0.05) is 12.1 Å². The Balaban J connectivity index is 2.72. The zero-order valence-corrected chi connectivity index (χ0v) is 10.3. The zero-order chi connectivity index (χ0) is 12.6. The first-order valence-electron chi connectivity index (χ1n) is 5.73. The minimum atomic E-state index is -0.188. The predicted molar refractivity (Wildman–Crippen MR) is 67.4 cm³/mol. The van der Waals surface area contributed by atoms with Crippen molar-refractivity contribution in [1.82, 2.24) is 9.78 Å². The second kappa shape index (κ2) is 4.20. The summed E-state index contributed by atoms with van der Waals surface area (Å²) < 4.78 is 1.81. The van der Waals surface area contributed by atoms with Crippen LogP contribution in [0.1, 0.15) is 31.1 Å². The van der Waals surface area contributed by atoms with E-state index in [1.165, 1.54) is 6.92 Å². The molecular weight excluding hydrogens is 216 g/mol. The molecule has 0 spiro atoms. The molecule has 4 nitrogen and oxygen atoms in total. The molecule has 2 rings (SSSR count). The maximum Gasteiger partial charge on any atom is 0.272 e. The highest BCUT2D eigenvalue weighted by atomic mass is 16.1. The first kappa shape index (κ1) is 11.6. The number of aromatic nitrogens is 2. The highest BCUT2D eigenvalue weighted by molar-refractivity contribution is 6.06. The van der Waals surface area contributed by atoms with E-state index >= 15 is 0 Å². The molecule has 0 atom stereocenters. The summed E-state index contributed by atoms with van der Waals surface area (Å²) in [4.78, 5) is 23.4. The van der Waals surface area contributed by atoms with Gasteiger partial charge in [-0.25, -0.2) is 0 Å². The summed E-state index contributed by atoms with van der Waals surface area (Å²) in [5.41, 5.74) is 1.11. The molecule has 0 unspecified atom stereocenters. The van der Waals surface area contributed by atoms with Crippen LogP contribution in [0.15, 0.2) is 23.0 Å². The lowest BCUT2D eigenvalue weighted by molar-refractivity contribution is 0.101. The number of hydrogen-bond acceptors (Lipinski definition) is 2. The lowest BCUT2D eigenvalue weighted by Gasteiger charge is -2.07. The number of carbonyl (C=O) groups excluding carboxylic acids is 1. The van der Waals surface area contributed by atoms with E-state index in [0.717, 1.165) is 12.1 Å². The van der Waals surface area contributed by atoms with Crippen molar-refractivity contribution in [2.75, 3.05) is 0 Å². The number of aromatic amines is 1. The number of fused-ring (bicyclic) bond motifs is 1. The summed E-state index contributed by atoms with van der Waals surface area (Å²) in [5.74, 6) is 0.352. The van der Waals surface area contributed by atoms with Gasteiger partial charge in [0.25, 0.3) is 5.56 Å². The van der Waals surface area contributed by atoms with E-state index in [1.54, 1.807) is 6.07 Å². The minimum absolute atomic E-state index is 0.0802. The van der Waals surface area contributed by atoms with Gasteiger partial charge >= 0.3 is 0 Å². The van der Waals surface area contributed by atoms with Crippen LogP contribution in [0.2, 0.25) is 0 Å². The summed E-state index contributed by atoms with van der Waals surface area (Å²) in [7, 11) is 0. The Hall–Kier alpha value is -1.84. The maximum absolute atomic E-state index is 11.9. The monoisotopic (exact) mass is 232 g/mol. The van der Waals surface area contributed by atoms with E-state index in [9.17, 15) is 9.59 Å². The van der Waals surface area contributed by atoms with Gasteiger partial charge in [-0.05, 0) is 18.9 Å². The van der Waals surface area contributed by atoms with Crippen LogP contribution in [0, 0.1) is 5.92 Å². The molecule has 2 aromatic rings. The Bertz CT molecular complexity index is 620. The number of H-pyrrole nitrogens is 1. The fourth-order valence-electron chi connectivity index (χ4n) is 2.04. The molecule has 1 aromatic heterocycles. The van der Waals surface area contributed by atoms with Gasteiger partial charge in [0.15, 0.2) is 5.78 Å². The molecule has 0 aliphatic carbocycles. The fourth-order valence-corrected chi connectivity index (χ4v) is 2.04. The second-order valence-electron chi connectivity index (χ2n) is 4.70. The molecule has 0 saturated carbocycles. The number of Topliss-reactive ketones (excluding diaryl/α,β-unsaturated/α-hetero) is 1. The Morgan fingerprint density at radius 3 is 2.71 bits per heavy atom. The molecule has 0 amide bonds. The van der Waals surface area contributed by atoms with Crippen LogP contribution in [-0.4, -0.2) is 15.6 Å². The van der Waals surface area contributed by atoms with Gasteiger partial charge < -0.3 is 0 Å². The number of hydrogen-bond donors (Lipinski definition) is 1. The number of ketones is 1. The molecule has 17 heavy (non-hydrogen) atoms. The largest absolute Gasteiger partial charge is 0.294 e. The molecule has 0 aliphatic heterocycles. The Kier molecular flexibility index (Phi) is 2.88. The molecule has 0 radical (unpaired) electrons. The Labute approximate surface area is 99.2 Å². The summed E-state index contributed by atoms with van der Waals surface area (Å²) in [6.45, 7) is 6.38. The zero-order valence-electron chi connectivity index (χ0n) is 10.3. The number of rotatable bonds is 3. The van der Waals surface area contributed by atoms with Gasteiger partial charge in [-0.3, -0.25) is 19.4 Å². The Morgan fingerprint density at radius 1 is 1.41 bits per heavy atom. The molecule has 0 saturated heterocycles. The van der Waals surface area contributed by atoms with E-state index in [-0.39, 0.29) is 11.3 Å². The van der Waals surface area contributed by atoms with Crippen molar-refractivity contribution in [2.45, 2.75) is 27.3 Å². The molecule has 0 bridgehead atoms. The van der Waals surface area contributed by atoms with Crippen molar-refractivity contribution >= 4 is 16.7 Å². The molecule has 1 heterocycles. The van der Waals surface area contributed by atoms with Gasteiger partial charge in [-0.1, -0.05) is 26.0 Å². The van der Waals surface area contributed by atoms with E-state index < -0.39 is 0 Å². The third kappa shape index (κ3) is 2.02. The van der Waals surface area contributed by atoms with Gasteiger partial charge in [-0.15, -0.1) is 0 Å². The average molecular weight is 232 g/mol. The molecule has 0 aliphatic rings. The lowest BCUT2D eigenvalue weighted by atomic mass is 10.1. The van der Waals surface area contributed by atoms with Crippen molar-refractivity contribution in [3.05, 3.63) is 34.1 Å². The first-order chi connectivity index (χ1) is 8.00. The first-order valence-corrected chi connectivity index (χ1v) is 5.73. The van der Waals surface area contributed by atoms with E-state index in [2.05, 4.69) is 18.9 Å². The van der Waals surface area contributed by atoms with Crippen LogP contribution in [-0.2, 0) is 6.54 Å². The van der Waals surface area contributed by atoms with Crippen LogP contribution in [0.4, 0.5) is 0 Å². The van der Waals surface area contributed by atoms with Crippen molar-refractivity contribution in [3.63, 3.8) is 0 Å². The highest BCUT2D eigenvalue weighted by Gasteiger charge is 2.13. The van der Waals surface area contributed by atoms with Crippen LogP contribution in [0.5, 0.6) is 0 Å². The number of nitrogens with one attached hydrogen (secondary N) is 1. The lowest BCUT2D eigenvalue weighted by Crippen LogP contribution is -2.09. The summed E-state index contributed by atoms with van der Waals surface area (Å²) >= 11 is 0. The van der Waals surface area contributed by atoms with Gasteiger partial charge in [0.1, 0.15) is 0 Å². The quantitative estimate of drug-likeness (QED) is 0.825. The standard InChI is InChI=1S/C13H16N2O2/c1-8(2)7-15-11-6-4-5-10(9(3)16)12(11)13(17)14-15/h4-6,8H,7H2,1-3H3,(H,14,17). The third-order valence-electron chi connectivity index (χ3n) is 2.72. The van der Waals surface area contributed by atoms with Gasteiger partial charge in [-0.2, -0.15) is 0 Å². The number of nitrogens with zero attached hydrogens (tertiary/aromatic N) is 1. The van der Waals surface area contributed by atoms with E-state index in [0.29, 0.717) is 16.9 Å². The molecule has 1 aromatic carbocycles. The van der Waals surface area contributed by atoms with Crippen LogP contribution >= 0.6 is 0 Å². The predicted octanol–water partition coefficient (Wildman–Crippen LogP) is 2.19. The average Bonchev–Trinajstić information content (AvgIpc) is 2.55. The second-order valence-corrected chi connectivity index (χ2v) is 4.70. The normalized spacial score (nSPS) is 11.3. The molecule has 4 heteroatoms. The van der Waals surface area contributed by atoms with Crippen molar-refractivity contribution in [2.24, 2.45) is 5.92 Å². The number of benzene rings is 1. The molecule has 0 fully saturated rings. The van der Waals surface area contributed by atoms with Gasteiger partial charge in [0.2, 0.25) is 0 Å². The van der Waals surface area contributed by atoms with E-state index in [1.807, 2.05) is 16.8 Å². The van der Waals surface area contributed by atoms with Crippen LogP contribution < -0.4 is 5.56 Å². The van der Waals surface area contributed by atoms with Crippen LogP contribution in [0.25, 0.3) is 10.9 Å². The fraction of sp³-hybridized carbons (Fsp3) is 0.385. The SMILES string of the molecule is CC(=O)c1cccc2c1c(=O)[nH]n2CC(C)C. The molecular formula is C13H16N2O2. The summed E-state index contributed by atoms with van der Waals surface area (Å²) in [5, 5.41) is 3.29. The third-order valence-corrected chi connectivity index (χ3v) is 2.72. The smallest absolute Gasteiger partial charge is 0.272 e. The highest BCUT2D eigenvalue weighted by Crippen LogP contribution is 2.16. The van der Waals surface area contributed by atoms with E-state index in [4.69, 9.17) is 0 Å². The summed E-state index contributed by atoms with van der Waals surface area (Å²) in [6.07, 6.45) is 0. The molecule has 1 N–H and O–H groups in total. The van der Waals surface area contributed by atoms with Crippen molar-refractivity contribution in [3.8, 4) is 0 Å². The Morgan fingerprint density at radius 2 is 2.12 bits per heavy atom. The van der Waals surface area contributed by atoms with Crippen molar-refractivity contribution in [1.29, 1.82) is 0 Å². The molecule has 90 valence electrons. The maximum atomic E-state index is 11.9. The summed E-state index contributed by atoms with van der Waals surface area (Å²) in [6, 6.07) is 5.37.